The molecule has 3 aromatic rings. The molecule has 0 saturated carbocycles. The Morgan fingerprint density at radius 2 is 1.59 bits per heavy atom. The molecular formula is C21H20FN3O2. The first-order valence-electron chi connectivity index (χ1n) is 8.95. The molecule has 0 spiro atoms. The smallest absolute Gasteiger partial charge is 0.256 e. The van der Waals surface area contributed by atoms with Crippen LogP contribution in [0.1, 0.15) is 22.1 Å². The van der Waals surface area contributed by atoms with Crippen LogP contribution in [0.5, 0.6) is 0 Å². The minimum atomic E-state index is -0.255. The molecule has 5 nitrogen and oxygen atoms in total. The minimum Gasteiger partial charge on any atom is -0.368 e. The van der Waals surface area contributed by atoms with Gasteiger partial charge in [-0.15, -0.1) is 0 Å². The van der Waals surface area contributed by atoms with Crippen molar-refractivity contribution in [1.29, 1.82) is 0 Å². The maximum absolute atomic E-state index is 13.1. The van der Waals surface area contributed by atoms with Crippen molar-refractivity contribution in [3.63, 3.8) is 0 Å². The summed E-state index contributed by atoms with van der Waals surface area (Å²) in [7, 11) is 0. The van der Waals surface area contributed by atoms with Gasteiger partial charge in [0.05, 0.1) is 11.1 Å². The van der Waals surface area contributed by atoms with E-state index in [1.807, 2.05) is 29.2 Å². The van der Waals surface area contributed by atoms with Gasteiger partial charge in [-0.05, 0) is 30.3 Å². The third-order valence-corrected chi connectivity index (χ3v) is 5.04. The molecule has 0 N–H and O–H groups in total. The van der Waals surface area contributed by atoms with Crippen molar-refractivity contribution >= 4 is 28.4 Å². The quantitative estimate of drug-likeness (QED) is 0.699. The van der Waals surface area contributed by atoms with E-state index in [0.29, 0.717) is 31.7 Å². The third-order valence-electron chi connectivity index (χ3n) is 5.04. The Kier molecular flexibility index (Phi) is 4.39. The highest BCUT2D eigenvalue weighted by Crippen LogP contribution is 2.24. The highest BCUT2D eigenvalue weighted by Gasteiger charge is 2.25. The van der Waals surface area contributed by atoms with Crippen molar-refractivity contribution in [2.45, 2.75) is 6.92 Å². The van der Waals surface area contributed by atoms with Gasteiger partial charge in [0.1, 0.15) is 5.82 Å². The molecule has 1 aromatic heterocycles. The number of rotatable bonds is 2. The Morgan fingerprint density at radius 3 is 2.26 bits per heavy atom. The molecule has 2 heterocycles. The molecule has 1 saturated heterocycles. The number of para-hydroxylation sites is 1. The fraction of sp³-hybridized carbons (Fsp3) is 0.238. The van der Waals surface area contributed by atoms with Crippen LogP contribution in [0.3, 0.4) is 0 Å². The second-order valence-electron chi connectivity index (χ2n) is 6.70. The van der Waals surface area contributed by atoms with Crippen LogP contribution >= 0.6 is 0 Å². The first-order valence-corrected chi connectivity index (χ1v) is 8.95. The lowest BCUT2D eigenvalue weighted by Crippen LogP contribution is -2.48. The van der Waals surface area contributed by atoms with Gasteiger partial charge in [0.25, 0.3) is 5.91 Å². The Morgan fingerprint density at radius 1 is 0.926 bits per heavy atom. The average molecular weight is 365 g/mol. The number of hydrogen-bond acceptors (Lipinski definition) is 3. The van der Waals surface area contributed by atoms with Gasteiger partial charge in [0.15, 0.2) is 0 Å². The molecule has 27 heavy (non-hydrogen) atoms. The van der Waals surface area contributed by atoms with E-state index in [1.54, 1.807) is 18.3 Å². The summed E-state index contributed by atoms with van der Waals surface area (Å²) >= 11 is 0. The molecule has 2 aromatic carbocycles. The summed E-state index contributed by atoms with van der Waals surface area (Å²) in [6, 6.07) is 13.9. The molecule has 1 amide bonds. The van der Waals surface area contributed by atoms with Crippen LogP contribution in [0, 0.1) is 5.82 Å². The fourth-order valence-corrected chi connectivity index (χ4v) is 3.60. The van der Waals surface area contributed by atoms with Crippen LogP contribution in [0.4, 0.5) is 10.1 Å². The van der Waals surface area contributed by atoms with E-state index in [2.05, 4.69) is 4.90 Å². The summed E-state index contributed by atoms with van der Waals surface area (Å²) in [5.41, 5.74) is 2.26. The van der Waals surface area contributed by atoms with Crippen molar-refractivity contribution < 1.29 is 14.0 Å². The van der Waals surface area contributed by atoms with Gasteiger partial charge in [-0.1, -0.05) is 18.2 Å². The summed E-state index contributed by atoms with van der Waals surface area (Å²) in [5, 5.41) is 0.790. The third kappa shape index (κ3) is 3.18. The standard InChI is InChI=1S/C21H20FN3O2/c1-15(26)25-14-19(18-4-2-3-5-20(18)25)21(27)24-12-10-23(11-13-24)17-8-6-16(22)7-9-17/h2-9,14H,10-13H2,1H3. The molecule has 0 aliphatic carbocycles. The highest BCUT2D eigenvalue weighted by atomic mass is 19.1. The number of amides is 1. The summed E-state index contributed by atoms with van der Waals surface area (Å²) in [5.74, 6) is -0.439. The lowest BCUT2D eigenvalue weighted by Gasteiger charge is -2.36. The van der Waals surface area contributed by atoms with E-state index in [-0.39, 0.29) is 17.6 Å². The van der Waals surface area contributed by atoms with Crippen molar-refractivity contribution in [3.05, 3.63) is 66.1 Å². The molecular weight excluding hydrogens is 345 g/mol. The van der Waals surface area contributed by atoms with Gasteiger partial charge in [-0.2, -0.15) is 0 Å². The van der Waals surface area contributed by atoms with Crippen molar-refractivity contribution in [1.82, 2.24) is 9.47 Å². The van der Waals surface area contributed by atoms with Crippen LogP contribution in [0.2, 0.25) is 0 Å². The SMILES string of the molecule is CC(=O)n1cc(C(=O)N2CCN(c3ccc(F)cc3)CC2)c2ccccc21. The van der Waals surface area contributed by atoms with Crippen LogP contribution in [0.15, 0.2) is 54.7 Å². The van der Waals surface area contributed by atoms with E-state index in [9.17, 15) is 14.0 Å². The molecule has 6 heteroatoms. The summed E-state index contributed by atoms with van der Waals surface area (Å²) in [4.78, 5) is 28.9. The summed E-state index contributed by atoms with van der Waals surface area (Å²) in [6.45, 7) is 4.01. The largest absolute Gasteiger partial charge is 0.368 e. The summed E-state index contributed by atoms with van der Waals surface area (Å²) in [6.07, 6.45) is 1.64. The molecule has 0 atom stereocenters. The minimum absolute atomic E-state index is 0.0649. The number of carbonyl (C=O) groups is 2. The summed E-state index contributed by atoms with van der Waals surface area (Å²) < 4.78 is 14.6. The first-order chi connectivity index (χ1) is 13.0. The van der Waals surface area contributed by atoms with E-state index >= 15 is 0 Å². The lowest BCUT2D eigenvalue weighted by molar-refractivity contribution is 0.0748. The fourth-order valence-electron chi connectivity index (χ4n) is 3.60. The maximum Gasteiger partial charge on any atom is 0.256 e. The van der Waals surface area contributed by atoms with E-state index in [4.69, 9.17) is 0 Å². The zero-order chi connectivity index (χ0) is 19.0. The zero-order valence-electron chi connectivity index (χ0n) is 15.1. The monoisotopic (exact) mass is 365 g/mol. The molecule has 138 valence electrons. The highest BCUT2D eigenvalue weighted by molar-refractivity contribution is 6.09. The van der Waals surface area contributed by atoms with Crippen LogP contribution < -0.4 is 4.90 Å². The van der Waals surface area contributed by atoms with Crippen molar-refractivity contribution in [3.8, 4) is 0 Å². The van der Waals surface area contributed by atoms with Gasteiger partial charge in [-0.3, -0.25) is 14.2 Å². The van der Waals surface area contributed by atoms with Gasteiger partial charge in [0.2, 0.25) is 5.91 Å². The zero-order valence-corrected chi connectivity index (χ0v) is 15.1. The number of fused-ring (bicyclic) bond motifs is 1. The second kappa shape index (κ2) is 6.87. The molecule has 0 unspecified atom stereocenters. The first kappa shape index (κ1) is 17.3. The van der Waals surface area contributed by atoms with Crippen LogP contribution in [-0.4, -0.2) is 47.5 Å². The number of halogens is 1. The second-order valence-corrected chi connectivity index (χ2v) is 6.70. The van der Waals surface area contributed by atoms with Crippen molar-refractivity contribution in [2.75, 3.05) is 31.1 Å². The molecule has 4 rings (SSSR count). The Balaban J connectivity index is 1.54. The van der Waals surface area contributed by atoms with E-state index in [1.165, 1.54) is 23.6 Å². The number of hydrogen-bond donors (Lipinski definition) is 0. The number of piperazine rings is 1. The number of carbonyl (C=O) groups excluding carboxylic acids is 2. The molecule has 1 aliphatic rings. The Hall–Kier alpha value is -3.15. The molecule has 0 radical (unpaired) electrons. The molecule has 1 fully saturated rings. The van der Waals surface area contributed by atoms with E-state index < -0.39 is 0 Å². The molecule has 0 bridgehead atoms. The van der Waals surface area contributed by atoms with Crippen LogP contribution in [0.25, 0.3) is 10.9 Å². The number of nitrogens with zero attached hydrogens (tertiary/aromatic N) is 3. The topological polar surface area (TPSA) is 45.6 Å². The van der Waals surface area contributed by atoms with Gasteiger partial charge in [-0.25, -0.2) is 4.39 Å². The van der Waals surface area contributed by atoms with Crippen molar-refractivity contribution in [2.24, 2.45) is 0 Å². The lowest BCUT2D eigenvalue weighted by atomic mass is 10.1. The molecule has 1 aliphatic heterocycles. The predicted molar refractivity (Wildman–Crippen MR) is 103 cm³/mol. The maximum atomic E-state index is 13.1. The average Bonchev–Trinajstić information content (AvgIpc) is 3.08. The number of aromatic nitrogens is 1. The van der Waals surface area contributed by atoms with Gasteiger partial charge >= 0.3 is 0 Å². The number of anilines is 1. The normalized spacial score (nSPS) is 14.6. The van der Waals surface area contributed by atoms with E-state index in [0.717, 1.165) is 16.6 Å². The Bertz CT molecular complexity index is 1000. The van der Waals surface area contributed by atoms with Crippen LogP contribution in [-0.2, 0) is 0 Å². The van der Waals surface area contributed by atoms with Gasteiger partial charge in [0, 0.05) is 50.4 Å². The number of benzene rings is 2. The predicted octanol–water partition coefficient (Wildman–Crippen LogP) is 3.40. The van der Waals surface area contributed by atoms with Gasteiger partial charge < -0.3 is 9.80 Å². The Labute approximate surface area is 156 Å².